The summed E-state index contributed by atoms with van der Waals surface area (Å²) >= 11 is 6.05. The van der Waals surface area contributed by atoms with E-state index < -0.39 is 0 Å². The van der Waals surface area contributed by atoms with Crippen LogP contribution in [-0.4, -0.2) is 26.1 Å². The van der Waals surface area contributed by atoms with E-state index in [1.165, 1.54) is 6.42 Å². The van der Waals surface area contributed by atoms with Crippen molar-refractivity contribution >= 4 is 23.0 Å². The van der Waals surface area contributed by atoms with E-state index in [0.29, 0.717) is 24.8 Å². The molecule has 0 spiro atoms. The summed E-state index contributed by atoms with van der Waals surface area (Å²) in [5.74, 6) is 0. The summed E-state index contributed by atoms with van der Waals surface area (Å²) in [6.45, 7) is 2.71. The van der Waals surface area contributed by atoms with Crippen molar-refractivity contribution in [2.24, 2.45) is 0 Å². The Morgan fingerprint density at radius 1 is 1.08 bits per heavy atom. The van der Waals surface area contributed by atoms with Gasteiger partial charge in [0.1, 0.15) is 0 Å². The minimum Gasteiger partial charge on any atom is -0.377 e. The summed E-state index contributed by atoms with van der Waals surface area (Å²) in [6.07, 6.45) is 4.18. The van der Waals surface area contributed by atoms with E-state index in [1.54, 1.807) is 0 Å². The molecule has 2 aromatic rings. The number of ether oxygens (including phenoxy) is 3. The summed E-state index contributed by atoms with van der Waals surface area (Å²) in [5, 5.41) is 4.12. The first kappa shape index (κ1) is 19.2. The highest BCUT2D eigenvalue weighted by atomic mass is 35.5. The number of hydrogen-bond donors (Lipinski definition) is 1. The fraction of sp³-hybridized carbons (Fsp3) is 0.429. The van der Waals surface area contributed by atoms with E-state index in [1.807, 2.05) is 42.5 Å². The minimum atomic E-state index is -0.0219. The summed E-state index contributed by atoms with van der Waals surface area (Å²) < 4.78 is 17.1. The summed E-state index contributed by atoms with van der Waals surface area (Å²) in [6, 6.07) is 15.8. The quantitative estimate of drug-likeness (QED) is 0.584. The molecule has 26 heavy (non-hydrogen) atoms. The van der Waals surface area contributed by atoms with Crippen LogP contribution in [0.15, 0.2) is 48.5 Å². The average Bonchev–Trinajstić information content (AvgIpc) is 2.67. The molecular formula is C21H26ClNO3. The van der Waals surface area contributed by atoms with Crippen LogP contribution in [0.4, 0.5) is 11.4 Å². The van der Waals surface area contributed by atoms with Gasteiger partial charge in [0.15, 0.2) is 6.29 Å². The van der Waals surface area contributed by atoms with Gasteiger partial charge in [-0.15, -0.1) is 0 Å². The second-order valence-corrected chi connectivity index (χ2v) is 6.80. The highest BCUT2D eigenvalue weighted by Gasteiger charge is 2.13. The van der Waals surface area contributed by atoms with Crippen molar-refractivity contribution in [3.8, 4) is 0 Å². The highest BCUT2D eigenvalue weighted by molar-refractivity contribution is 6.30. The van der Waals surface area contributed by atoms with E-state index >= 15 is 0 Å². The number of para-hydroxylation sites is 1. The van der Waals surface area contributed by atoms with Crippen molar-refractivity contribution in [2.75, 3.05) is 25.1 Å². The Morgan fingerprint density at radius 2 is 2.00 bits per heavy atom. The van der Waals surface area contributed by atoms with E-state index in [2.05, 4.69) is 11.4 Å². The van der Waals surface area contributed by atoms with Crippen molar-refractivity contribution < 1.29 is 14.2 Å². The molecule has 1 fully saturated rings. The molecule has 2 aromatic carbocycles. The number of rotatable bonds is 9. The maximum absolute atomic E-state index is 6.05. The first-order valence-electron chi connectivity index (χ1n) is 9.23. The second kappa shape index (κ2) is 10.5. The molecule has 1 aliphatic rings. The lowest BCUT2D eigenvalue weighted by Gasteiger charge is -2.22. The third-order valence-electron chi connectivity index (χ3n) is 4.25. The number of nitrogens with one attached hydrogen (secondary N) is 1. The minimum absolute atomic E-state index is 0.0219. The van der Waals surface area contributed by atoms with Gasteiger partial charge in [-0.2, -0.15) is 0 Å². The molecule has 0 amide bonds. The van der Waals surface area contributed by atoms with Crippen LogP contribution in [-0.2, 0) is 20.8 Å². The smallest absolute Gasteiger partial charge is 0.157 e. The first-order chi connectivity index (χ1) is 12.8. The van der Waals surface area contributed by atoms with Crippen molar-refractivity contribution in [2.45, 2.75) is 38.6 Å². The Kier molecular flexibility index (Phi) is 7.77. The van der Waals surface area contributed by atoms with Gasteiger partial charge in [0.05, 0.1) is 13.2 Å². The van der Waals surface area contributed by atoms with Gasteiger partial charge in [0.2, 0.25) is 0 Å². The van der Waals surface area contributed by atoms with Crippen LogP contribution in [0, 0.1) is 0 Å². The lowest BCUT2D eigenvalue weighted by Crippen LogP contribution is -2.23. The molecule has 1 heterocycles. The van der Waals surface area contributed by atoms with Gasteiger partial charge in [-0.25, -0.2) is 0 Å². The van der Waals surface area contributed by atoms with Crippen LogP contribution in [0.3, 0.4) is 0 Å². The van der Waals surface area contributed by atoms with Gasteiger partial charge in [0.25, 0.3) is 0 Å². The molecule has 1 N–H and O–H groups in total. The predicted molar refractivity (Wildman–Crippen MR) is 105 cm³/mol. The lowest BCUT2D eigenvalue weighted by molar-refractivity contribution is -0.164. The maximum atomic E-state index is 6.05. The third-order valence-corrected chi connectivity index (χ3v) is 4.49. The predicted octanol–water partition coefficient (Wildman–Crippen LogP) is 5.53. The van der Waals surface area contributed by atoms with Gasteiger partial charge in [-0.05, 0) is 49.9 Å². The molecule has 3 rings (SSSR count). The number of halogens is 1. The van der Waals surface area contributed by atoms with Crippen molar-refractivity contribution in [3.63, 3.8) is 0 Å². The van der Waals surface area contributed by atoms with Gasteiger partial charge in [-0.3, -0.25) is 0 Å². The zero-order valence-electron chi connectivity index (χ0n) is 15.0. The van der Waals surface area contributed by atoms with Crippen molar-refractivity contribution in [1.82, 2.24) is 0 Å². The number of benzene rings is 2. The molecule has 1 aliphatic heterocycles. The van der Waals surface area contributed by atoms with Crippen LogP contribution >= 0.6 is 11.6 Å². The summed E-state index contributed by atoms with van der Waals surface area (Å²) in [4.78, 5) is 0. The van der Waals surface area contributed by atoms with Crippen LogP contribution < -0.4 is 5.32 Å². The van der Waals surface area contributed by atoms with Crippen LogP contribution in [0.1, 0.15) is 31.2 Å². The lowest BCUT2D eigenvalue weighted by atomic mass is 10.2. The normalized spacial score (nSPS) is 17.2. The van der Waals surface area contributed by atoms with Gasteiger partial charge in [0, 0.05) is 35.2 Å². The van der Waals surface area contributed by atoms with Gasteiger partial charge < -0.3 is 19.5 Å². The van der Waals surface area contributed by atoms with E-state index in [9.17, 15) is 0 Å². The van der Waals surface area contributed by atoms with Gasteiger partial charge in [-0.1, -0.05) is 35.9 Å². The van der Waals surface area contributed by atoms with Gasteiger partial charge >= 0.3 is 0 Å². The van der Waals surface area contributed by atoms with E-state index in [0.717, 1.165) is 42.8 Å². The largest absolute Gasteiger partial charge is 0.377 e. The second-order valence-electron chi connectivity index (χ2n) is 6.37. The summed E-state index contributed by atoms with van der Waals surface area (Å²) in [5.41, 5.74) is 3.11. The molecule has 1 saturated heterocycles. The fourth-order valence-corrected chi connectivity index (χ4v) is 3.08. The maximum Gasteiger partial charge on any atom is 0.157 e. The van der Waals surface area contributed by atoms with Crippen molar-refractivity contribution in [1.29, 1.82) is 0 Å². The Balaban J connectivity index is 1.40. The van der Waals surface area contributed by atoms with E-state index in [-0.39, 0.29) is 6.29 Å². The molecule has 140 valence electrons. The summed E-state index contributed by atoms with van der Waals surface area (Å²) in [7, 11) is 0. The SMILES string of the molecule is Clc1cccc(Nc2ccccc2COCCCOC2CCCCO2)c1. The first-order valence-corrected chi connectivity index (χ1v) is 9.60. The Bertz CT molecular complexity index is 674. The third kappa shape index (κ3) is 6.29. The molecule has 0 aliphatic carbocycles. The average molecular weight is 376 g/mol. The Morgan fingerprint density at radius 3 is 2.85 bits per heavy atom. The fourth-order valence-electron chi connectivity index (χ4n) is 2.89. The monoisotopic (exact) mass is 375 g/mol. The molecule has 0 aromatic heterocycles. The molecular weight excluding hydrogens is 350 g/mol. The van der Waals surface area contributed by atoms with E-state index in [4.69, 9.17) is 25.8 Å². The Labute approximate surface area is 160 Å². The molecule has 1 atom stereocenters. The van der Waals surface area contributed by atoms with Crippen molar-refractivity contribution in [3.05, 3.63) is 59.1 Å². The van der Waals surface area contributed by atoms with Crippen LogP contribution in [0.5, 0.6) is 0 Å². The molecule has 4 nitrogen and oxygen atoms in total. The molecule has 5 heteroatoms. The highest BCUT2D eigenvalue weighted by Crippen LogP contribution is 2.23. The zero-order chi connectivity index (χ0) is 18.0. The Hall–Kier alpha value is -1.59. The topological polar surface area (TPSA) is 39.7 Å². The molecule has 0 bridgehead atoms. The molecule has 1 unspecified atom stereocenters. The number of anilines is 2. The number of hydrogen-bond acceptors (Lipinski definition) is 4. The molecule has 0 radical (unpaired) electrons. The standard InChI is InChI=1S/C21H26ClNO3/c22-18-8-5-9-19(15-18)23-20-10-2-1-7-17(20)16-24-12-6-14-26-21-11-3-4-13-25-21/h1-2,5,7-10,15,21,23H,3-4,6,11-14,16H2. The van der Waals surface area contributed by atoms with Crippen LogP contribution in [0.2, 0.25) is 5.02 Å². The van der Waals surface area contributed by atoms with Crippen LogP contribution in [0.25, 0.3) is 0 Å². The molecule has 0 saturated carbocycles. The zero-order valence-corrected chi connectivity index (χ0v) is 15.7.